The van der Waals surface area contributed by atoms with Gasteiger partial charge in [0.15, 0.2) is 5.58 Å². The van der Waals surface area contributed by atoms with Crippen LogP contribution in [0, 0.1) is 10.1 Å². The number of hydrogen-bond donors (Lipinski definition) is 0. The van der Waals surface area contributed by atoms with Gasteiger partial charge in [-0.1, -0.05) is 31.2 Å². The summed E-state index contributed by atoms with van der Waals surface area (Å²) in [7, 11) is 0. The highest BCUT2D eigenvalue weighted by Crippen LogP contribution is 2.22. The standard InChI is InChI=1S/C17H14N2O3/c1-2-12-3-5-13(6-4-12)7-10-17-18-15-11-14(19(20)21)8-9-16(15)22-17/h3-11H,2H2,1H3/b10-7+. The van der Waals surface area contributed by atoms with Gasteiger partial charge in [-0.05, 0) is 29.7 Å². The van der Waals surface area contributed by atoms with Crippen molar-refractivity contribution in [3.05, 3.63) is 69.6 Å². The van der Waals surface area contributed by atoms with Crippen molar-refractivity contribution in [3.8, 4) is 0 Å². The molecule has 5 heteroatoms. The van der Waals surface area contributed by atoms with E-state index in [4.69, 9.17) is 4.42 Å². The normalized spacial score (nSPS) is 11.3. The van der Waals surface area contributed by atoms with E-state index in [1.165, 1.54) is 17.7 Å². The molecule has 0 amide bonds. The number of nitro benzene ring substituents is 1. The van der Waals surface area contributed by atoms with E-state index in [2.05, 4.69) is 24.0 Å². The van der Waals surface area contributed by atoms with Crippen LogP contribution < -0.4 is 0 Å². The van der Waals surface area contributed by atoms with E-state index < -0.39 is 4.92 Å². The molecule has 0 saturated carbocycles. The summed E-state index contributed by atoms with van der Waals surface area (Å²) in [4.78, 5) is 14.5. The molecule has 0 N–H and O–H groups in total. The van der Waals surface area contributed by atoms with Crippen LogP contribution in [-0.2, 0) is 6.42 Å². The lowest BCUT2D eigenvalue weighted by Crippen LogP contribution is -1.86. The molecule has 3 aromatic rings. The number of oxazole rings is 1. The molecule has 0 spiro atoms. The fourth-order valence-electron chi connectivity index (χ4n) is 2.15. The Morgan fingerprint density at radius 2 is 1.95 bits per heavy atom. The number of non-ortho nitro benzene ring substituents is 1. The summed E-state index contributed by atoms with van der Waals surface area (Å²) in [6, 6.07) is 12.6. The van der Waals surface area contributed by atoms with Gasteiger partial charge < -0.3 is 4.42 Å². The zero-order chi connectivity index (χ0) is 15.5. The Morgan fingerprint density at radius 3 is 2.64 bits per heavy atom. The second kappa shape index (κ2) is 5.81. The van der Waals surface area contributed by atoms with Gasteiger partial charge in [0.05, 0.1) is 4.92 Å². The van der Waals surface area contributed by atoms with E-state index in [0.29, 0.717) is 17.0 Å². The topological polar surface area (TPSA) is 69.2 Å². The molecule has 0 aliphatic rings. The predicted octanol–water partition coefficient (Wildman–Crippen LogP) is 4.47. The van der Waals surface area contributed by atoms with Crippen LogP contribution in [0.1, 0.15) is 23.9 Å². The van der Waals surface area contributed by atoms with E-state index in [1.54, 1.807) is 12.1 Å². The number of aryl methyl sites for hydroxylation is 1. The largest absolute Gasteiger partial charge is 0.437 e. The fraction of sp³-hybridized carbons (Fsp3) is 0.118. The lowest BCUT2D eigenvalue weighted by molar-refractivity contribution is -0.384. The molecule has 0 unspecified atom stereocenters. The Hall–Kier alpha value is -2.95. The summed E-state index contributed by atoms with van der Waals surface area (Å²) in [5.41, 5.74) is 3.35. The van der Waals surface area contributed by atoms with E-state index in [-0.39, 0.29) is 5.69 Å². The monoisotopic (exact) mass is 294 g/mol. The second-order valence-corrected chi connectivity index (χ2v) is 4.89. The SMILES string of the molecule is CCc1ccc(/C=C/c2nc3cc([N+](=O)[O-])ccc3o2)cc1. The first-order valence-electron chi connectivity index (χ1n) is 6.97. The maximum atomic E-state index is 10.7. The molecule has 3 rings (SSSR count). The zero-order valence-electron chi connectivity index (χ0n) is 12.0. The molecular weight excluding hydrogens is 280 g/mol. The molecule has 0 atom stereocenters. The highest BCUT2D eigenvalue weighted by atomic mass is 16.6. The van der Waals surface area contributed by atoms with Crippen LogP contribution in [-0.4, -0.2) is 9.91 Å². The molecule has 5 nitrogen and oxygen atoms in total. The summed E-state index contributed by atoms with van der Waals surface area (Å²) < 4.78 is 5.55. The van der Waals surface area contributed by atoms with Gasteiger partial charge >= 0.3 is 0 Å². The number of nitrogens with zero attached hydrogens (tertiary/aromatic N) is 2. The van der Waals surface area contributed by atoms with Gasteiger partial charge in [-0.2, -0.15) is 0 Å². The van der Waals surface area contributed by atoms with Gasteiger partial charge in [0.25, 0.3) is 5.69 Å². The third kappa shape index (κ3) is 2.88. The van der Waals surface area contributed by atoms with Crippen molar-refractivity contribution in [3.63, 3.8) is 0 Å². The molecule has 1 aromatic heterocycles. The van der Waals surface area contributed by atoms with Crippen LogP contribution in [0.15, 0.2) is 46.9 Å². The van der Waals surface area contributed by atoms with Crippen molar-refractivity contribution in [2.24, 2.45) is 0 Å². The Balaban J connectivity index is 1.86. The molecule has 0 fully saturated rings. The lowest BCUT2D eigenvalue weighted by Gasteiger charge is -1.96. The number of rotatable bonds is 4. The molecule has 0 bridgehead atoms. The smallest absolute Gasteiger partial charge is 0.271 e. The maximum Gasteiger partial charge on any atom is 0.271 e. The molecule has 2 aromatic carbocycles. The molecule has 1 heterocycles. The quantitative estimate of drug-likeness (QED) is 0.526. The van der Waals surface area contributed by atoms with E-state index >= 15 is 0 Å². The third-order valence-electron chi connectivity index (χ3n) is 3.40. The summed E-state index contributed by atoms with van der Waals surface area (Å²) >= 11 is 0. The van der Waals surface area contributed by atoms with Crippen LogP contribution >= 0.6 is 0 Å². The van der Waals surface area contributed by atoms with Crippen LogP contribution in [0.4, 0.5) is 5.69 Å². The molecular formula is C17H14N2O3. The van der Waals surface area contributed by atoms with E-state index in [1.807, 2.05) is 18.2 Å². The van der Waals surface area contributed by atoms with Gasteiger partial charge in [-0.3, -0.25) is 10.1 Å². The van der Waals surface area contributed by atoms with E-state index in [9.17, 15) is 10.1 Å². The summed E-state index contributed by atoms with van der Waals surface area (Å²) in [6.07, 6.45) is 4.67. The van der Waals surface area contributed by atoms with Crippen molar-refractivity contribution in [1.82, 2.24) is 4.98 Å². The number of nitro groups is 1. The number of benzene rings is 2. The highest BCUT2D eigenvalue weighted by molar-refractivity contribution is 5.78. The minimum Gasteiger partial charge on any atom is -0.437 e. The highest BCUT2D eigenvalue weighted by Gasteiger charge is 2.10. The predicted molar refractivity (Wildman–Crippen MR) is 85.4 cm³/mol. The molecule has 22 heavy (non-hydrogen) atoms. The Kier molecular flexibility index (Phi) is 3.70. The third-order valence-corrected chi connectivity index (χ3v) is 3.40. The van der Waals surface area contributed by atoms with Crippen LogP contribution in [0.25, 0.3) is 23.3 Å². The minimum atomic E-state index is -0.446. The first-order chi connectivity index (χ1) is 10.7. The van der Waals surface area contributed by atoms with E-state index in [0.717, 1.165) is 12.0 Å². The van der Waals surface area contributed by atoms with Crippen LogP contribution in [0.5, 0.6) is 0 Å². The van der Waals surface area contributed by atoms with Gasteiger partial charge in [0, 0.05) is 18.2 Å². The molecule has 0 aliphatic heterocycles. The van der Waals surface area contributed by atoms with Crippen molar-refractivity contribution in [2.45, 2.75) is 13.3 Å². The van der Waals surface area contributed by atoms with Crippen LogP contribution in [0.3, 0.4) is 0 Å². The van der Waals surface area contributed by atoms with Crippen molar-refractivity contribution < 1.29 is 9.34 Å². The Labute approximate surface area is 127 Å². The second-order valence-electron chi connectivity index (χ2n) is 4.89. The van der Waals surface area contributed by atoms with Gasteiger partial charge in [-0.25, -0.2) is 4.98 Å². The average Bonchev–Trinajstić information content (AvgIpc) is 2.95. The van der Waals surface area contributed by atoms with Crippen molar-refractivity contribution in [2.75, 3.05) is 0 Å². The fourth-order valence-corrected chi connectivity index (χ4v) is 2.15. The summed E-state index contributed by atoms with van der Waals surface area (Å²) in [6.45, 7) is 2.11. The Morgan fingerprint density at radius 1 is 1.18 bits per heavy atom. The summed E-state index contributed by atoms with van der Waals surface area (Å²) in [5, 5.41) is 10.7. The van der Waals surface area contributed by atoms with Crippen LogP contribution in [0.2, 0.25) is 0 Å². The number of aromatic nitrogens is 1. The average molecular weight is 294 g/mol. The van der Waals surface area contributed by atoms with Gasteiger partial charge in [-0.15, -0.1) is 0 Å². The van der Waals surface area contributed by atoms with Gasteiger partial charge in [0.1, 0.15) is 5.52 Å². The lowest BCUT2D eigenvalue weighted by atomic mass is 10.1. The number of hydrogen-bond acceptors (Lipinski definition) is 4. The maximum absolute atomic E-state index is 10.7. The summed E-state index contributed by atoms with van der Waals surface area (Å²) in [5.74, 6) is 0.426. The molecule has 110 valence electrons. The number of fused-ring (bicyclic) bond motifs is 1. The molecule has 0 aliphatic carbocycles. The molecule has 0 radical (unpaired) electrons. The Bertz CT molecular complexity index is 848. The zero-order valence-corrected chi connectivity index (χ0v) is 12.0. The first-order valence-corrected chi connectivity index (χ1v) is 6.97. The van der Waals surface area contributed by atoms with Crippen molar-refractivity contribution in [1.29, 1.82) is 0 Å². The molecule has 0 saturated heterocycles. The first kappa shape index (κ1) is 14.0. The van der Waals surface area contributed by atoms with Gasteiger partial charge in [0.2, 0.25) is 5.89 Å². The minimum absolute atomic E-state index is 0.00600. The van der Waals surface area contributed by atoms with Crippen molar-refractivity contribution >= 4 is 28.9 Å².